The lowest BCUT2D eigenvalue weighted by atomic mass is 9.75. The van der Waals surface area contributed by atoms with Crippen molar-refractivity contribution in [1.29, 1.82) is 0 Å². The third kappa shape index (κ3) is 2.54. The van der Waals surface area contributed by atoms with Gasteiger partial charge in [-0.25, -0.2) is 0 Å². The van der Waals surface area contributed by atoms with E-state index in [0.29, 0.717) is 17.9 Å². The molecule has 0 saturated heterocycles. The first-order valence-electron chi connectivity index (χ1n) is 7.01. The minimum atomic E-state index is 0.552. The molecule has 1 aliphatic rings. The van der Waals surface area contributed by atoms with Crippen molar-refractivity contribution in [3.63, 3.8) is 0 Å². The minimum absolute atomic E-state index is 0.552. The van der Waals surface area contributed by atoms with Gasteiger partial charge in [-0.2, -0.15) is 0 Å². The molecule has 0 heterocycles. The van der Waals surface area contributed by atoms with Crippen LogP contribution in [0.2, 0.25) is 0 Å². The summed E-state index contributed by atoms with van der Waals surface area (Å²) in [5, 5.41) is 3.51. The minimum Gasteiger partial charge on any atom is -0.497 e. The fourth-order valence-electron chi connectivity index (χ4n) is 3.31. The first-order valence-corrected chi connectivity index (χ1v) is 7.01. The molecule has 2 rings (SSSR count). The summed E-state index contributed by atoms with van der Waals surface area (Å²) in [5.74, 6) is 2.25. The summed E-state index contributed by atoms with van der Waals surface area (Å²) >= 11 is 0. The van der Waals surface area contributed by atoms with Crippen LogP contribution in [0.3, 0.4) is 0 Å². The number of benzene rings is 1. The van der Waals surface area contributed by atoms with Gasteiger partial charge in [0.15, 0.2) is 0 Å². The molecule has 0 aromatic heterocycles. The molecule has 1 aromatic rings. The second kappa shape index (κ2) is 5.75. The third-order valence-electron chi connectivity index (χ3n) is 4.20. The van der Waals surface area contributed by atoms with Gasteiger partial charge in [0.2, 0.25) is 0 Å². The number of likely N-dealkylation sites (N-methyl/N-ethyl adjacent to an activating group) is 1. The quantitative estimate of drug-likeness (QED) is 0.881. The van der Waals surface area contributed by atoms with Crippen molar-refractivity contribution < 1.29 is 4.74 Å². The van der Waals surface area contributed by atoms with Crippen LogP contribution >= 0.6 is 0 Å². The topological polar surface area (TPSA) is 21.3 Å². The molecule has 0 radical (unpaired) electrons. The lowest BCUT2D eigenvalue weighted by Gasteiger charge is -2.34. The van der Waals surface area contributed by atoms with E-state index in [1.165, 1.54) is 30.4 Å². The molecular weight excluding hydrogens is 222 g/mol. The second-order valence-electron chi connectivity index (χ2n) is 5.62. The number of aryl methyl sites for hydroxylation is 1. The number of nitrogens with one attached hydrogen (secondary N) is 1. The van der Waals surface area contributed by atoms with Crippen molar-refractivity contribution >= 4 is 0 Å². The maximum absolute atomic E-state index is 5.38. The highest BCUT2D eigenvalue weighted by Crippen LogP contribution is 2.37. The van der Waals surface area contributed by atoms with Crippen LogP contribution in [0.1, 0.15) is 43.7 Å². The van der Waals surface area contributed by atoms with Crippen LogP contribution in [0, 0.1) is 5.92 Å². The van der Waals surface area contributed by atoms with Crippen molar-refractivity contribution in [2.45, 2.75) is 45.1 Å². The number of hydrogen-bond acceptors (Lipinski definition) is 2. The maximum Gasteiger partial charge on any atom is 0.119 e. The van der Waals surface area contributed by atoms with Gasteiger partial charge in [0.25, 0.3) is 0 Å². The van der Waals surface area contributed by atoms with E-state index in [4.69, 9.17) is 4.74 Å². The Morgan fingerprint density at radius 3 is 2.72 bits per heavy atom. The van der Waals surface area contributed by atoms with Gasteiger partial charge in [0, 0.05) is 6.04 Å². The molecule has 0 saturated carbocycles. The first kappa shape index (κ1) is 13.4. The van der Waals surface area contributed by atoms with Gasteiger partial charge >= 0.3 is 0 Å². The van der Waals surface area contributed by atoms with Gasteiger partial charge in [-0.05, 0) is 61.4 Å². The first-order chi connectivity index (χ1) is 8.67. The average Bonchev–Trinajstić information content (AvgIpc) is 2.39. The Morgan fingerprint density at radius 2 is 2.11 bits per heavy atom. The molecule has 1 aliphatic carbocycles. The Bertz CT molecular complexity index is 400. The highest BCUT2D eigenvalue weighted by Gasteiger charge is 2.29. The van der Waals surface area contributed by atoms with E-state index in [9.17, 15) is 0 Å². The van der Waals surface area contributed by atoms with Crippen LogP contribution in [0.15, 0.2) is 18.2 Å². The van der Waals surface area contributed by atoms with Crippen LogP contribution in [0.4, 0.5) is 0 Å². The van der Waals surface area contributed by atoms with E-state index in [-0.39, 0.29) is 0 Å². The van der Waals surface area contributed by atoms with E-state index < -0.39 is 0 Å². The summed E-state index contributed by atoms with van der Waals surface area (Å²) in [6, 6.07) is 7.13. The fourth-order valence-corrected chi connectivity index (χ4v) is 3.31. The molecule has 0 bridgehead atoms. The molecular formula is C16H25NO. The Balaban J connectivity index is 2.36. The van der Waals surface area contributed by atoms with Gasteiger partial charge in [0.05, 0.1) is 7.11 Å². The van der Waals surface area contributed by atoms with Crippen molar-refractivity contribution in [2.24, 2.45) is 5.92 Å². The summed E-state index contributed by atoms with van der Waals surface area (Å²) in [6.07, 6.45) is 3.79. The number of hydrogen-bond donors (Lipinski definition) is 1. The Kier molecular flexibility index (Phi) is 4.28. The molecule has 0 aliphatic heterocycles. The van der Waals surface area contributed by atoms with E-state index in [0.717, 1.165) is 5.75 Å². The van der Waals surface area contributed by atoms with Crippen LogP contribution in [0.5, 0.6) is 5.75 Å². The maximum atomic E-state index is 5.38. The van der Waals surface area contributed by atoms with Gasteiger partial charge < -0.3 is 10.1 Å². The summed E-state index contributed by atoms with van der Waals surface area (Å²) in [6.45, 7) is 4.60. The summed E-state index contributed by atoms with van der Waals surface area (Å²) in [4.78, 5) is 0. The van der Waals surface area contributed by atoms with E-state index in [2.05, 4.69) is 44.4 Å². The molecule has 100 valence electrons. The number of rotatable bonds is 4. The standard InChI is InChI=1S/C16H25NO/c1-11(2)16(17-3)14-7-5-6-12-8-9-13(18-4)10-15(12)14/h8-11,14,16-17H,5-7H2,1-4H3. The van der Waals surface area contributed by atoms with Crippen molar-refractivity contribution in [3.05, 3.63) is 29.3 Å². The second-order valence-corrected chi connectivity index (χ2v) is 5.62. The molecule has 1 N–H and O–H groups in total. The van der Waals surface area contributed by atoms with Crippen molar-refractivity contribution in [3.8, 4) is 5.75 Å². The zero-order chi connectivity index (χ0) is 13.1. The van der Waals surface area contributed by atoms with E-state index in [1.807, 2.05) is 0 Å². The predicted molar refractivity (Wildman–Crippen MR) is 76.4 cm³/mol. The van der Waals surface area contributed by atoms with Gasteiger partial charge in [0.1, 0.15) is 5.75 Å². The summed E-state index contributed by atoms with van der Waals surface area (Å²) in [7, 11) is 3.83. The number of methoxy groups -OCH3 is 1. The van der Waals surface area contributed by atoms with E-state index >= 15 is 0 Å². The van der Waals surface area contributed by atoms with Crippen LogP contribution < -0.4 is 10.1 Å². The lowest BCUT2D eigenvalue weighted by Crippen LogP contribution is -2.38. The Labute approximate surface area is 111 Å². The summed E-state index contributed by atoms with van der Waals surface area (Å²) in [5.41, 5.74) is 3.00. The molecule has 2 unspecified atom stereocenters. The van der Waals surface area contributed by atoms with Crippen LogP contribution in [-0.4, -0.2) is 20.2 Å². The zero-order valence-corrected chi connectivity index (χ0v) is 12.0. The van der Waals surface area contributed by atoms with Gasteiger partial charge in [-0.1, -0.05) is 19.9 Å². The molecule has 0 fully saturated rings. The molecule has 18 heavy (non-hydrogen) atoms. The smallest absolute Gasteiger partial charge is 0.119 e. The Morgan fingerprint density at radius 1 is 1.33 bits per heavy atom. The fraction of sp³-hybridized carbons (Fsp3) is 0.625. The average molecular weight is 247 g/mol. The van der Waals surface area contributed by atoms with E-state index in [1.54, 1.807) is 7.11 Å². The normalized spacial score (nSPS) is 20.6. The molecule has 0 amide bonds. The van der Waals surface area contributed by atoms with Gasteiger partial charge in [-0.3, -0.25) is 0 Å². The number of fused-ring (bicyclic) bond motifs is 1. The molecule has 2 atom stereocenters. The van der Waals surface area contributed by atoms with Crippen molar-refractivity contribution in [2.75, 3.05) is 14.2 Å². The highest BCUT2D eigenvalue weighted by molar-refractivity contribution is 5.40. The molecule has 2 heteroatoms. The molecule has 0 spiro atoms. The molecule has 2 nitrogen and oxygen atoms in total. The predicted octanol–water partition coefficient (Wildman–Crippen LogP) is 3.36. The van der Waals surface area contributed by atoms with Crippen molar-refractivity contribution in [1.82, 2.24) is 5.32 Å². The third-order valence-corrected chi connectivity index (χ3v) is 4.20. The lowest BCUT2D eigenvalue weighted by molar-refractivity contribution is 0.332. The molecule has 1 aromatic carbocycles. The summed E-state index contributed by atoms with van der Waals surface area (Å²) < 4.78 is 5.38. The van der Waals surface area contributed by atoms with Crippen LogP contribution in [-0.2, 0) is 6.42 Å². The largest absolute Gasteiger partial charge is 0.497 e. The van der Waals surface area contributed by atoms with Gasteiger partial charge in [-0.15, -0.1) is 0 Å². The number of ether oxygens (including phenoxy) is 1. The highest BCUT2D eigenvalue weighted by atomic mass is 16.5. The monoisotopic (exact) mass is 247 g/mol. The van der Waals surface area contributed by atoms with Crippen LogP contribution in [0.25, 0.3) is 0 Å². The zero-order valence-electron chi connectivity index (χ0n) is 12.0. The Hall–Kier alpha value is -1.02. The SMILES string of the molecule is CNC(C(C)C)C1CCCc2ccc(OC)cc21.